The van der Waals surface area contributed by atoms with E-state index < -0.39 is 0 Å². The maximum atomic E-state index is 3.01. The van der Waals surface area contributed by atoms with Crippen LogP contribution in [0.4, 0.5) is 11.4 Å². The second kappa shape index (κ2) is 42.9. The largest absolute Gasteiger partial charge is 0.545 e. The fraction of sp³-hybridized carbons (Fsp3) is 0.286. The van der Waals surface area contributed by atoms with Crippen LogP contribution in [0.5, 0.6) is 0 Å². The molecule has 0 fully saturated rings. The summed E-state index contributed by atoms with van der Waals surface area (Å²) >= 11 is 0. The Morgan fingerprint density at radius 1 is 0.857 bits per heavy atom. The predicted octanol–water partition coefficient (Wildman–Crippen LogP) is 4.44. The van der Waals surface area contributed by atoms with Crippen molar-refractivity contribution < 1.29 is 134 Å². The Morgan fingerprint density at radius 3 is 1.71 bits per heavy atom. The Hall–Kier alpha value is 1.92. The summed E-state index contributed by atoms with van der Waals surface area (Å²) < 4.78 is 0. The summed E-state index contributed by atoms with van der Waals surface area (Å²) in [5, 5.41) is 2.93. The molecule has 0 heterocycles. The van der Waals surface area contributed by atoms with Gasteiger partial charge in [-0.05, 0) is 0 Å². The molecule has 2 rings (SSSR count). The first kappa shape index (κ1) is 47.6. The van der Waals surface area contributed by atoms with Crippen molar-refractivity contribution in [2.75, 3.05) is 5.32 Å². The van der Waals surface area contributed by atoms with Gasteiger partial charge in [0.05, 0.1) is 0 Å². The molecule has 2 nitrogen and oxygen atoms in total. The van der Waals surface area contributed by atoms with Crippen LogP contribution in [0.25, 0.3) is 0 Å². The molecule has 0 aromatic heterocycles. The summed E-state index contributed by atoms with van der Waals surface area (Å²) in [7, 11) is 0. The summed E-state index contributed by atoms with van der Waals surface area (Å²) in [6, 6.07) is 21.4. The maximum Gasteiger partial charge on any atom is 0.0145 e. The van der Waals surface area contributed by atoms with Gasteiger partial charge in [-0.2, -0.15) is 54.7 Å². The average Bonchev–Trinajstić information content (AvgIpc) is 2.66. The van der Waals surface area contributed by atoms with Gasteiger partial charge < -0.3 is 10.3 Å². The summed E-state index contributed by atoms with van der Waals surface area (Å²) in [4.78, 5) is 2.90. The first-order chi connectivity index (χ1) is 11.4. The van der Waals surface area contributed by atoms with Crippen molar-refractivity contribution in [3.05, 3.63) is 72.9 Å². The van der Waals surface area contributed by atoms with E-state index in [4.69, 9.17) is 0 Å². The first-order valence-electron chi connectivity index (χ1n) is 8.02. The maximum absolute atomic E-state index is 3.01. The van der Waals surface area contributed by atoms with Crippen LogP contribution in [0, 0.1) is 18.3 Å². The van der Waals surface area contributed by atoms with Crippen LogP contribution in [-0.2, 0) is 129 Å². The van der Waals surface area contributed by atoms with Gasteiger partial charge >= 0.3 is 0 Å². The van der Waals surface area contributed by atoms with Gasteiger partial charge in [0.1, 0.15) is 0 Å². The zero-order valence-electron chi connectivity index (χ0n) is 17.6. The second-order valence-electron chi connectivity index (χ2n) is 3.49. The molecule has 0 aliphatic carbocycles. The van der Waals surface area contributed by atoms with Crippen molar-refractivity contribution in [3.8, 4) is 0 Å². The van der Waals surface area contributed by atoms with Crippen LogP contribution in [0.3, 0.4) is 0 Å². The topological polar surface area (TPSA) is 26.0 Å². The molecule has 7 heteroatoms. The third-order valence-corrected chi connectivity index (χ3v) is 2.03. The summed E-state index contributed by atoms with van der Waals surface area (Å²) in [6.45, 7) is 11.7. The minimum Gasteiger partial charge on any atom is -0.545 e. The van der Waals surface area contributed by atoms with Crippen LogP contribution in [0.15, 0.2) is 54.6 Å². The van der Waals surface area contributed by atoms with E-state index in [-0.39, 0.29) is 129 Å². The van der Waals surface area contributed by atoms with Gasteiger partial charge in [-0.25, -0.2) is 17.8 Å². The van der Waals surface area contributed by atoms with Crippen LogP contribution in [-0.4, -0.2) is 6.21 Å². The molecule has 0 aliphatic heterocycles. The number of hydrogen-bond acceptors (Lipinski definition) is 1. The van der Waals surface area contributed by atoms with E-state index in [1.54, 1.807) is 0 Å². The molecule has 0 spiro atoms. The molecule has 0 amide bonds. The predicted molar refractivity (Wildman–Crippen MR) is 102 cm³/mol. The molecule has 28 heavy (non-hydrogen) atoms. The molecule has 2 aromatic rings. The molecule has 0 saturated carbocycles. The molecule has 0 atom stereocenters. The van der Waals surface area contributed by atoms with E-state index in [2.05, 4.69) is 34.9 Å². The van der Waals surface area contributed by atoms with Gasteiger partial charge in [0.2, 0.25) is 0 Å². The summed E-state index contributed by atoms with van der Waals surface area (Å²) in [6.07, 6.45) is 7.48. The van der Waals surface area contributed by atoms with E-state index in [9.17, 15) is 0 Å². The van der Waals surface area contributed by atoms with Gasteiger partial charge in [0.15, 0.2) is 0 Å². The molecule has 2 radical (unpaired) electrons. The fourth-order valence-electron chi connectivity index (χ4n) is 1.23. The van der Waals surface area contributed by atoms with Crippen molar-refractivity contribution in [2.45, 2.75) is 41.5 Å². The van der Waals surface area contributed by atoms with E-state index in [0.29, 0.717) is 0 Å². The molecule has 0 bridgehead atoms. The quantitative estimate of drug-likeness (QED) is 0.266. The fourth-order valence-corrected chi connectivity index (χ4v) is 1.23. The molecular formula is C21H29N2W3Y2-3. The van der Waals surface area contributed by atoms with Gasteiger partial charge in [-0.1, -0.05) is 47.2 Å². The monoisotopic (exact) mass is 1040 g/mol. The van der Waals surface area contributed by atoms with Gasteiger partial charge in [-0.3, -0.25) is 6.07 Å². The van der Waals surface area contributed by atoms with Crippen molar-refractivity contribution in [2.24, 2.45) is 0 Å². The van der Waals surface area contributed by atoms with Crippen molar-refractivity contribution in [3.63, 3.8) is 0 Å². The van der Waals surface area contributed by atoms with Crippen molar-refractivity contribution in [1.82, 2.24) is 0 Å². The minimum absolute atomic E-state index is 0. The minimum atomic E-state index is 0. The SMILES string of the molecule is CC.CC.CC=[C-]Nc1[c-]cccc1.C[C-]=[NH+]c1[c-]cccc1.[W].[W].[W].[Y].[Y]. The first-order valence-corrected chi connectivity index (χ1v) is 8.02. The number of rotatable bonds is 3. The Bertz CT molecular complexity index is 512. The number of allylic oxidation sites excluding steroid dienone is 1. The van der Waals surface area contributed by atoms with E-state index in [0.717, 1.165) is 11.4 Å². The van der Waals surface area contributed by atoms with Crippen LogP contribution >= 0.6 is 0 Å². The zero-order valence-corrected chi connectivity index (χ0v) is 32.1. The number of benzene rings is 2. The third kappa shape index (κ3) is 32.6. The number of hydrogen-bond donors (Lipinski definition) is 2. The van der Waals surface area contributed by atoms with Crippen LogP contribution in [0.2, 0.25) is 0 Å². The standard InChI is InChI=1S/C9H9N.C8H8N.2C2H6.3W.2Y/c1-2-8-10-9-6-4-3-5-7-9;1-2-9-8-6-4-3-5-7-8;2*1-2;;;;;/h2-6,10H,1H3;3-6,9H,1H3;2*1-2H3;;;;;/q-2;-1;;;;;;;. The smallest absolute Gasteiger partial charge is 0.0145 e. The molecule has 2 aromatic carbocycles. The Kier molecular flexibility index (Phi) is 73.0. The molecule has 150 valence electrons. The second-order valence-corrected chi connectivity index (χ2v) is 3.49. The van der Waals surface area contributed by atoms with Crippen molar-refractivity contribution in [1.29, 1.82) is 0 Å². The average molecular weight is 1040 g/mol. The van der Waals surface area contributed by atoms with Crippen molar-refractivity contribution >= 4 is 17.6 Å². The number of para-hydroxylation sites is 2. The van der Waals surface area contributed by atoms with Gasteiger partial charge in [-0.15, -0.1) is 0 Å². The normalized spacial score (nSPS) is 7.36. The van der Waals surface area contributed by atoms with E-state index in [1.165, 1.54) is 0 Å². The Labute approximate surface area is 266 Å². The Balaban J connectivity index is -0.0000000465. The molecule has 2 N–H and O–H groups in total. The summed E-state index contributed by atoms with van der Waals surface area (Å²) in [5.41, 5.74) is 1.90. The van der Waals surface area contributed by atoms with E-state index in [1.807, 2.05) is 96.1 Å². The summed E-state index contributed by atoms with van der Waals surface area (Å²) in [5.74, 6) is 0. The number of anilines is 1. The third-order valence-electron chi connectivity index (χ3n) is 2.03. The molecule has 0 aliphatic rings. The zero-order chi connectivity index (χ0) is 17.8. The van der Waals surface area contributed by atoms with Gasteiger partial charge in [0, 0.05) is 135 Å². The molecule has 0 saturated heterocycles. The van der Waals surface area contributed by atoms with E-state index >= 15 is 0 Å². The molecule has 0 unspecified atom stereocenters. The molecular weight excluding hydrogens is 1010 g/mol. The Morgan fingerprint density at radius 2 is 1.36 bits per heavy atom. The van der Waals surface area contributed by atoms with Crippen LogP contribution < -0.4 is 10.3 Å². The van der Waals surface area contributed by atoms with Crippen LogP contribution in [0.1, 0.15) is 41.5 Å². The number of nitrogens with one attached hydrogen (secondary N) is 2. The van der Waals surface area contributed by atoms with Gasteiger partial charge in [0.25, 0.3) is 0 Å².